The quantitative estimate of drug-likeness (QED) is 0.494. The highest BCUT2D eigenvalue weighted by Crippen LogP contribution is 2.32. The summed E-state index contributed by atoms with van der Waals surface area (Å²) >= 11 is 0. The monoisotopic (exact) mass is 429 g/mol. The molecule has 2 aromatic heterocycles. The van der Waals surface area contributed by atoms with E-state index in [-0.39, 0.29) is 18.0 Å². The Morgan fingerprint density at radius 3 is 2.35 bits per heavy atom. The molecule has 4 aromatic rings. The molecular weight excluding hydrogens is 414 g/mol. The number of halogens is 4. The predicted molar refractivity (Wildman–Crippen MR) is 104 cm³/mol. The third-order valence-electron chi connectivity index (χ3n) is 4.52. The fourth-order valence-electron chi connectivity index (χ4n) is 2.90. The zero-order valence-electron chi connectivity index (χ0n) is 16.1. The van der Waals surface area contributed by atoms with Crippen molar-refractivity contribution in [3.63, 3.8) is 0 Å². The van der Waals surface area contributed by atoms with E-state index in [2.05, 4.69) is 20.4 Å². The molecule has 0 aliphatic heterocycles. The maximum atomic E-state index is 13.6. The van der Waals surface area contributed by atoms with Crippen molar-refractivity contribution in [2.45, 2.75) is 19.6 Å². The summed E-state index contributed by atoms with van der Waals surface area (Å²) in [6.45, 7) is 1.89. The van der Waals surface area contributed by atoms with Gasteiger partial charge in [0.15, 0.2) is 5.69 Å². The van der Waals surface area contributed by atoms with Crippen molar-refractivity contribution in [3.8, 4) is 11.3 Å². The van der Waals surface area contributed by atoms with Gasteiger partial charge in [-0.1, -0.05) is 42.0 Å². The van der Waals surface area contributed by atoms with Crippen LogP contribution in [0.5, 0.6) is 0 Å². The maximum absolute atomic E-state index is 13.6. The molecule has 0 radical (unpaired) electrons. The molecule has 2 aromatic carbocycles. The minimum Gasteiger partial charge on any atom is -0.345 e. The minimum absolute atomic E-state index is 0.0306. The van der Waals surface area contributed by atoms with Gasteiger partial charge in [-0.25, -0.2) is 9.37 Å². The SMILES string of the molecule is Cc1ccc(-c2cc(C(F)(F)F)n3nc(C(=O)NCc4ccc(F)cc4)nc3n2)cc1. The van der Waals surface area contributed by atoms with Crippen LogP contribution in [0.1, 0.15) is 27.4 Å². The Hall–Kier alpha value is -3.82. The summed E-state index contributed by atoms with van der Waals surface area (Å²) in [5.41, 5.74) is 0.991. The van der Waals surface area contributed by atoms with Gasteiger partial charge in [-0.05, 0) is 30.7 Å². The smallest absolute Gasteiger partial charge is 0.345 e. The lowest BCUT2D eigenvalue weighted by Gasteiger charge is -2.10. The standard InChI is InChI=1S/C21H15F4N5O/c1-12-2-6-14(7-3-12)16-10-17(21(23,24)25)30-20(27-16)28-18(29-30)19(31)26-11-13-4-8-15(22)9-5-13/h2-10H,11H2,1H3,(H,26,31). The van der Waals surface area contributed by atoms with E-state index in [4.69, 9.17) is 0 Å². The maximum Gasteiger partial charge on any atom is 0.433 e. The summed E-state index contributed by atoms with van der Waals surface area (Å²) in [6.07, 6.45) is -4.74. The summed E-state index contributed by atoms with van der Waals surface area (Å²) in [6, 6.07) is 13.1. The van der Waals surface area contributed by atoms with Crippen molar-refractivity contribution < 1.29 is 22.4 Å². The van der Waals surface area contributed by atoms with Gasteiger partial charge in [0.2, 0.25) is 5.82 Å². The first kappa shape index (κ1) is 20.5. The Morgan fingerprint density at radius 2 is 1.71 bits per heavy atom. The second-order valence-electron chi connectivity index (χ2n) is 6.85. The van der Waals surface area contributed by atoms with Gasteiger partial charge < -0.3 is 5.32 Å². The number of nitrogens with one attached hydrogen (secondary N) is 1. The molecule has 31 heavy (non-hydrogen) atoms. The van der Waals surface area contributed by atoms with Crippen LogP contribution in [-0.4, -0.2) is 25.5 Å². The molecule has 4 rings (SSSR count). The molecule has 0 saturated heterocycles. The van der Waals surface area contributed by atoms with Crippen LogP contribution in [0.4, 0.5) is 17.6 Å². The first-order chi connectivity index (χ1) is 14.7. The second-order valence-corrected chi connectivity index (χ2v) is 6.85. The largest absolute Gasteiger partial charge is 0.433 e. The molecule has 0 fully saturated rings. The van der Waals surface area contributed by atoms with Crippen LogP contribution in [0.3, 0.4) is 0 Å². The summed E-state index contributed by atoms with van der Waals surface area (Å²) in [7, 11) is 0. The number of hydrogen-bond donors (Lipinski definition) is 1. The number of alkyl halides is 3. The number of amides is 1. The second kappa shape index (κ2) is 7.78. The number of hydrogen-bond acceptors (Lipinski definition) is 4. The van der Waals surface area contributed by atoms with Gasteiger partial charge in [0.05, 0.1) is 5.69 Å². The highest BCUT2D eigenvalue weighted by molar-refractivity contribution is 5.90. The number of fused-ring (bicyclic) bond motifs is 1. The van der Waals surface area contributed by atoms with Crippen molar-refractivity contribution >= 4 is 11.7 Å². The summed E-state index contributed by atoms with van der Waals surface area (Å²) in [5.74, 6) is -2.01. The topological polar surface area (TPSA) is 72.2 Å². The number of carbonyl (C=O) groups excluding carboxylic acids is 1. The van der Waals surface area contributed by atoms with E-state index >= 15 is 0 Å². The molecule has 0 bridgehead atoms. The molecule has 2 heterocycles. The summed E-state index contributed by atoms with van der Waals surface area (Å²) in [4.78, 5) is 20.4. The van der Waals surface area contributed by atoms with Crippen LogP contribution < -0.4 is 5.32 Å². The Kier molecular flexibility index (Phi) is 5.14. The van der Waals surface area contributed by atoms with E-state index in [1.54, 1.807) is 24.3 Å². The Morgan fingerprint density at radius 1 is 1.03 bits per heavy atom. The van der Waals surface area contributed by atoms with Gasteiger partial charge >= 0.3 is 6.18 Å². The Balaban J connectivity index is 1.68. The predicted octanol–water partition coefficient (Wildman–Crippen LogP) is 4.19. The molecule has 0 aliphatic carbocycles. The summed E-state index contributed by atoms with van der Waals surface area (Å²) < 4.78 is 54.4. The van der Waals surface area contributed by atoms with E-state index in [1.165, 1.54) is 24.3 Å². The molecule has 0 aliphatic rings. The van der Waals surface area contributed by atoms with E-state index < -0.39 is 29.4 Å². The van der Waals surface area contributed by atoms with Gasteiger partial charge in [0.25, 0.3) is 11.7 Å². The fraction of sp³-hybridized carbons (Fsp3) is 0.143. The van der Waals surface area contributed by atoms with Gasteiger partial charge in [-0.3, -0.25) is 4.79 Å². The average molecular weight is 429 g/mol. The van der Waals surface area contributed by atoms with Gasteiger partial charge in [-0.15, -0.1) is 5.10 Å². The molecule has 0 atom stereocenters. The van der Waals surface area contributed by atoms with Crippen LogP contribution in [0.25, 0.3) is 17.0 Å². The van der Waals surface area contributed by atoms with Crippen molar-refractivity contribution in [1.82, 2.24) is 24.9 Å². The Labute approximate surface area is 173 Å². The van der Waals surface area contributed by atoms with Crippen LogP contribution in [0.15, 0.2) is 54.6 Å². The molecule has 0 unspecified atom stereocenters. The van der Waals surface area contributed by atoms with Crippen LogP contribution >= 0.6 is 0 Å². The fourth-order valence-corrected chi connectivity index (χ4v) is 2.90. The van der Waals surface area contributed by atoms with E-state index in [9.17, 15) is 22.4 Å². The number of aromatic nitrogens is 4. The highest BCUT2D eigenvalue weighted by atomic mass is 19.4. The number of rotatable bonds is 4. The van der Waals surface area contributed by atoms with E-state index in [0.717, 1.165) is 11.6 Å². The van der Waals surface area contributed by atoms with Gasteiger partial charge in [-0.2, -0.15) is 22.7 Å². The molecule has 1 amide bonds. The molecule has 1 N–H and O–H groups in total. The third kappa shape index (κ3) is 4.37. The van der Waals surface area contributed by atoms with Crippen molar-refractivity contribution in [1.29, 1.82) is 0 Å². The molecule has 6 nitrogen and oxygen atoms in total. The summed E-state index contributed by atoms with van der Waals surface area (Å²) in [5, 5.41) is 6.20. The lowest BCUT2D eigenvalue weighted by Crippen LogP contribution is -2.24. The third-order valence-corrected chi connectivity index (χ3v) is 4.52. The van der Waals surface area contributed by atoms with Gasteiger partial charge in [0.1, 0.15) is 5.82 Å². The van der Waals surface area contributed by atoms with Crippen LogP contribution in [-0.2, 0) is 12.7 Å². The van der Waals surface area contributed by atoms with Crippen LogP contribution in [0.2, 0.25) is 0 Å². The number of nitrogens with zero attached hydrogens (tertiary/aromatic N) is 4. The average Bonchev–Trinajstić information content (AvgIpc) is 3.16. The number of carbonyl (C=O) groups is 1. The Bertz CT molecular complexity index is 1250. The van der Waals surface area contributed by atoms with Crippen molar-refractivity contribution in [2.75, 3.05) is 0 Å². The number of aryl methyl sites for hydroxylation is 1. The first-order valence-electron chi connectivity index (χ1n) is 9.15. The molecule has 0 saturated carbocycles. The lowest BCUT2D eigenvalue weighted by molar-refractivity contribution is -0.142. The van der Waals surface area contributed by atoms with E-state index in [1.807, 2.05) is 6.92 Å². The van der Waals surface area contributed by atoms with Crippen molar-refractivity contribution in [2.24, 2.45) is 0 Å². The zero-order valence-corrected chi connectivity index (χ0v) is 16.1. The van der Waals surface area contributed by atoms with Crippen LogP contribution in [0, 0.1) is 12.7 Å². The normalized spacial score (nSPS) is 11.6. The minimum atomic E-state index is -4.74. The van der Waals surface area contributed by atoms with E-state index in [0.29, 0.717) is 15.6 Å². The molecular formula is C21H15F4N5O. The molecule has 158 valence electrons. The zero-order chi connectivity index (χ0) is 22.2. The van der Waals surface area contributed by atoms with Crippen molar-refractivity contribution in [3.05, 3.63) is 83.1 Å². The molecule has 0 spiro atoms. The van der Waals surface area contributed by atoms with Gasteiger partial charge in [0, 0.05) is 12.1 Å². The highest BCUT2D eigenvalue weighted by Gasteiger charge is 2.36. The lowest BCUT2D eigenvalue weighted by atomic mass is 10.1. The number of benzene rings is 2. The molecule has 10 heteroatoms. The first-order valence-corrected chi connectivity index (χ1v) is 9.15.